The normalized spacial score (nSPS) is 37.9. The van der Waals surface area contributed by atoms with Gasteiger partial charge in [-0.2, -0.15) is 0 Å². The van der Waals surface area contributed by atoms with Crippen molar-refractivity contribution in [3.05, 3.63) is 23.3 Å². The number of allylic oxidation sites excluding steroid dienone is 1. The Labute approximate surface area is 69.5 Å². The summed E-state index contributed by atoms with van der Waals surface area (Å²) in [4.78, 5) is 11.0. The summed E-state index contributed by atoms with van der Waals surface area (Å²) in [6, 6.07) is 0. The van der Waals surface area contributed by atoms with Crippen molar-refractivity contribution in [2.24, 2.45) is 5.92 Å². The first-order valence-corrected chi connectivity index (χ1v) is 3.94. The smallest absolute Gasteiger partial charge is 0.335 e. The van der Waals surface area contributed by atoms with E-state index in [1.807, 2.05) is 12.2 Å². The fraction of sp³-hybridized carbons (Fsp3) is 0.375. The quantitative estimate of drug-likeness (QED) is 0.314. The van der Waals surface area contributed by atoms with Crippen LogP contribution in [0.1, 0.15) is 6.42 Å². The first-order chi connectivity index (χ1) is 5.33. The summed E-state index contributed by atoms with van der Waals surface area (Å²) in [6.07, 6.45) is 4.75. The highest BCUT2D eigenvalue weighted by Gasteiger charge is 2.39. The highest BCUT2D eigenvalue weighted by Crippen LogP contribution is 2.35. The number of hydrogen-bond acceptors (Lipinski definition) is 2. The Kier molecular flexibility index (Phi) is 1.50. The van der Waals surface area contributed by atoms with Crippen LogP contribution in [0.25, 0.3) is 0 Å². The molecular formula is C8H7ClO2. The van der Waals surface area contributed by atoms with Gasteiger partial charge in [0.25, 0.3) is 0 Å². The van der Waals surface area contributed by atoms with E-state index in [9.17, 15) is 4.79 Å². The highest BCUT2D eigenvalue weighted by atomic mass is 35.5. The van der Waals surface area contributed by atoms with Crippen molar-refractivity contribution in [2.45, 2.75) is 12.5 Å². The molecule has 2 aliphatic rings. The predicted octanol–water partition coefficient (Wildman–Crippen LogP) is 1.61. The third-order valence-corrected chi connectivity index (χ3v) is 2.34. The van der Waals surface area contributed by atoms with Crippen molar-refractivity contribution in [2.75, 3.05) is 0 Å². The number of esters is 1. The molecule has 0 amide bonds. The van der Waals surface area contributed by atoms with Gasteiger partial charge in [0.15, 0.2) is 0 Å². The summed E-state index contributed by atoms with van der Waals surface area (Å²) in [5.41, 5.74) is 1.95. The van der Waals surface area contributed by atoms with Gasteiger partial charge in [-0.25, -0.2) is 4.79 Å². The summed E-state index contributed by atoms with van der Waals surface area (Å²) in [7, 11) is 0. The van der Waals surface area contributed by atoms with E-state index in [0.29, 0.717) is 5.57 Å². The molecule has 1 heterocycles. The molecule has 0 aromatic rings. The van der Waals surface area contributed by atoms with Gasteiger partial charge in [-0.1, -0.05) is 17.7 Å². The average molecular weight is 171 g/mol. The number of hydrogen-bond donors (Lipinski definition) is 0. The average Bonchev–Trinajstić information content (AvgIpc) is 2.46. The number of fused-ring (bicyclic) bond motifs is 1. The molecule has 58 valence electrons. The second kappa shape index (κ2) is 2.38. The maximum atomic E-state index is 11.0. The third kappa shape index (κ3) is 0.897. The zero-order valence-electron chi connectivity index (χ0n) is 5.79. The van der Waals surface area contributed by atoms with Gasteiger partial charge >= 0.3 is 5.97 Å². The molecular weight excluding hydrogens is 164 g/mol. The van der Waals surface area contributed by atoms with Crippen LogP contribution in [0.5, 0.6) is 0 Å². The monoisotopic (exact) mass is 170 g/mol. The van der Waals surface area contributed by atoms with Crippen LogP contribution in [0.2, 0.25) is 0 Å². The number of rotatable bonds is 0. The Morgan fingerprint density at radius 3 is 3.27 bits per heavy atom. The lowest BCUT2D eigenvalue weighted by Gasteiger charge is -2.03. The topological polar surface area (TPSA) is 26.3 Å². The molecule has 0 radical (unpaired) electrons. The van der Waals surface area contributed by atoms with Crippen LogP contribution in [0.15, 0.2) is 23.3 Å². The largest absolute Gasteiger partial charge is 0.454 e. The number of carbonyl (C=O) groups excluding carboxylic acids is 1. The number of ether oxygens (including phenoxy) is 1. The molecule has 1 saturated heterocycles. The SMILES string of the molecule is O=C1OC2C=CCC2/C1=C/Cl. The van der Waals surface area contributed by atoms with Crippen molar-refractivity contribution in [1.29, 1.82) is 0 Å². The summed E-state index contributed by atoms with van der Waals surface area (Å²) in [5.74, 6) is -0.0839. The molecule has 1 fully saturated rings. The van der Waals surface area contributed by atoms with Crippen LogP contribution in [0, 0.1) is 5.92 Å². The Bertz CT molecular complexity index is 255. The maximum Gasteiger partial charge on any atom is 0.335 e. The standard InChI is InChI=1S/C8H7ClO2/c9-4-6-5-2-1-3-7(5)11-8(6)10/h1,3-5,7H,2H2/b6-4-. The van der Waals surface area contributed by atoms with Crippen LogP contribution >= 0.6 is 11.6 Å². The van der Waals surface area contributed by atoms with Gasteiger partial charge in [0.1, 0.15) is 6.10 Å². The van der Waals surface area contributed by atoms with Gasteiger partial charge in [0.05, 0.1) is 5.57 Å². The lowest BCUT2D eigenvalue weighted by atomic mass is 9.99. The van der Waals surface area contributed by atoms with E-state index in [1.165, 1.54) is 5.54 Å². The molecule has 2 unspecified atom stereocenters. The molecule has 0 saturated carbocycles. The van der Waals surface area contributed by atoms with Gasteiger partial charge in [-0.05, 0) is 12.5 Å². The van der Waals surface area contributed by atoms with Crippen LogP contribution in [-0.4, -0.2) is 12.1 Å². The van der Waals surface area contributed by atoms with Crippen molar-refractivity contribution in [3.63, 3.8) is 0 Å². The van der Waals surface area contributed by atoms with Crippen molar-refractivity contribution in [1.82, 2.24) is 0 Å². The van der Waals surface area contributed by atoms with Gasteiger partial charge in [0, 0.05) is 11.5 Å². The minimum Gasteiger partial charge on any atom is -0.454 e. The molecule has 0 spiro atoms. The van der Waals surface area contributed by atoms with Gasteiger partial charge in [-0.15, -0.1) is 0 Å². The Morgan fingerprint density at radius 1 is 1.73 bits per heavy atom. The van der Waals surface area contributed by atoms with Crippen molar-refractivity contribution < 1.29 is 9.53 Å². The lowest BCUT2D eigenvalue weighted by Crippen LogP contribution is -2.07. The maximum absolute atomic E-state index is 11.0. The minimum absolute atomic E-state index is 0.0486. The molecule has 0 aromatic carbocycles. The molecule has 1 aliphatic carbocycles. The van der Waals surface area contributed by atoms with E-state index in [1.54, 1.807) is 0 Å². The fourth-order valence-corrected chi connectivity index (χ4v) is 1.77. The summed E-state index contributed by atoms with van der Waals surface area (Å²) >= 11 is 5.48. The van der Waals surface area contributed by atoms with E-state index < -0.39 is 0 Å². The first kappa shape index (κ1) is 6.92. The molecule has 2 rings (SSSR count). The molecule has 0 bridgehead atoms. The van der Waals surface area contributed by atoms with E-state index in [0.717, 1.165) is 6.42 Å². The van der Waals surface area contributed by atoms with E-state index in [2.05, 4.69) is 0 Å². The number of halogens is 1. The second-order valence-electron chi connectivity index (χ2n) is 2.70. The van der Waals surface area contributed by atoms with E-state index >= 15 is 0 Å². The molecule has 3 heteroatoms. The van der Waals surface area contributed by atoms with E-state index in [-0.39, 0.29) is 18.0 Å². The Hall–Kier alpha value is -0.760. The zero-order chi connectivity index (χ0) is 7.84. The summed E-state index contributed by atoms with van der Waals surface area (Å²) in [5, 5.41) is 0. The second-order valence-corrected chi connectivity index (χ2v) is 2.92. The van der Waals surface area contributed by atoms with Crippen molar-refractivity contribution in [3.8, 4) is 0 Å². The predicted molar refractivity (Wildman–Crippen MR) is 41.1 cm³/mol. The fourth-order valence-electron chi connectivity index (χ4n) is 1.52. The zero-order valence-corrected chi connectivity index (χ0v) is 6.54. The molecule has 2 atom stereocenters. The summed E-state index contributed by atoms with van der Waals surface area (Å²) < 4.78 is 5.01. The van der Waals surface area contributed by atoms with Gasteiger partial charge < -0.3 is 4.74 Å². The molecule has 2 nitrogen and oxygen atoms in total. The number of carbonyl (C=O) groups is 1. The van der Waals surface area contributed by atoms with Crippen LogP contribution < -0.4 is 0 Å². The van der Waals surface area contributed by atoms with Crippen LogP contribution in [0.3, 0.4) is 0 Å². The lowest BCUT2D eigenvalue weighted by molar-refractivity contribution is -0.137. The van der Waals surface area contributed by atoms with Crippen LogP contribution in [0.4, 0.5) is 0 Å². The highest BCUT2D eigenvalue weighted by molar-refractivity contribution is 6.27. The summed E-state index contributed by atoms with van der Waals surface area (Å²) in [6.45, 7) is 0. The molecule has 0 N–H and O–H groups in total. The van der Waals surface area contributed by atoms with Gasteiger partial charge in [-0.3, -0.25) is 0 Å². The molecule has 0 aromatic heterocycles. The van der Waals surface area contributed by atoms with Gasteiger partial charge in [0.2, 0.25) is 0 Å². The third-order valence-electron chi connectivity index (χ3n) is 2.11. The van der Waals surface area contributed by atoms with E-state index in [4.69, 9.17) is 16.3 Å². The Morgan fingerprint density at radius 2 is 2.55 bits per heavy atom. The Balaban J connectivity index is 2.31. The minimum atomic E-state index is -0.264. The first-order valence-electron chi connectivity index (χ1n) is 3.51. The molecule has 11 heavy (non-hydrogen) atoms. The van der Waals surface area contributed by atoms with Crippen molar-refractivity contribution >= 4 is 17.6 Å². The molecule has 1 aliphatic heterocycles. The van der Waals surface area contributed by atoms with Crippen LogP contribution in [-0.2, 0) is 9.53 Å².